The maximum Gasteiger partial charge on any atom is 0.331 e. The van der Waals surface area contributed by atoms with Crippen LogP contribution >= 0.6 is 11.6 Å². The summed E-state index contributed by atoms with van der Waals surface area (Å²) in [6.07, 6.45) is 2.63. The van der Waals surface area contributed by atoms with Crippen LogP contribution in [-0.2, 0) is 9.53 Å². The lowest BCUT2D eigenvalue weighted by atomic mass is 10.1. The van der Waals surface area contributed by atoms with Gasteiger partial charge in [0.2, 0.25) is 6.79 Å². The van der Waals surface area contributed by atoms with Crippen LogP contribution in [0.3, 0.4) is 0 Å². The first-order valence-electron chi connectivity index (χ1n) is 7.25. The third kappa shape index (κ3) is 4.16. The fraction of sp³-hybridized carbons (Fsp3) is 0.111. The average molecular weight is 363 g/mol. The second kappa shape index (κ2) is 7.36. The molecule has 25 heavy (non-hydrogen) atoms. The Bertz CT molecular complexity index is 863. The van der Waals surface area contributed by atoms with Crippen molar-refractivity contribution < 1.29 is 28.2 Å². The molecular formula is C18H12ClFO5. The molecule has 2 aromatic rings. The topological polar surface area (TPSA) is 61.8 Å². The van der Waals surface area contributed by atoms with Crippen molar-refractivity contribution >= 4 is 29.4 Å². The number of benzene rings is 2. The number of carbonyl (C=O) groups is 2. The highest BCUT2D eigenvalue weighted by Gasteiger charge is 2.17. The van der Waals surface area contributed by atoms with E-state index in [-0.39, 0.29) is 12.4 Å². The van der Waals surface area contributed by atoms with E-state index in [1.54, 1.807) is 12.1 Å². The van der Waals surface area contributed by atoms with E-state index in [1.165, 1.54) is 24.3 Å². The molecule has 2 aromatic carbocycles. The normalized spacial score (nSPS) is 12.4. The van der Waals surface area contributed by atoms with Gasteiger partial charge in [0, 0.05) is 11.6 Å². The van der Waals surface area contributed by atoms with Crippen molar-refractivity contribution in [3.8, 4) is 11.5 Å². The SMILES string of the molecule is O=C(/C=C/c1cc(Cl)c2c(c1)OCO2)OCC(=O)c1cccc(F)c1. The molecule has 0 aliphatic carbocycles. The van der Waals surface area contributed by atoms with Gasteiger partial charge in [0.15, 0.2) is 23.9 Å². The van der Waals surface area contributed by atoms with Gasteiger partial charge >= 0.3 is 5.97 Å². The van der Waals surface area contributed by atoms with Crippen LogP contribution in [0.25, 0.3) is 6.08 Å². The molecule has 0 N–H and O–H groups in total. The third-order valence-corrected chi connectivity index (χ3v) is 3.63. The van der Waals surface area contributed by atoms with Crippen LogP contribution in [0.4, 0.5) is 4.39 Å². The van der Waals surface area contributed by atoms with Crippen LogP contribution < -0.4 is 9.47 Å². The molecule has 0 atom stereocenters. The predicted octanol–water partition coefficient (Wildman–Crippen LogP) is 3.65. The van der Waals surface area contributed by atoms with E-state index in [0.717, 1.165) is 12.1 Å². The molecule has 128 valence electrons. The van der Waals surface area contributed by atoms with Crippen LogP contribution in [0.2, 0.25) is 5.02 Å². The number of carbonyl (C=O) groups excluding carboxylic acids is 2. The van der Waals surface area contributed by atoms with E-state index in [1.807, 2.05) is 0 Å². The highest BCUT2D eigenvalue weighted by molar-refractivity contribution is 6.32. The van der Waals surface area contributed by atoms with Crippen molar-refractivity contribution in [2.75, 3.05) is 13.4 Å². The van der Waals surface area contributed by atoms with Gasteiger partial charge in [-0.05, 0) is 35.9 Å². The van der Waals surface area contributed by atoms with E-state index >= 15 is 0 Å². The number of ketones is 1. The second-order valence-corrected chi connectivity index (χ2v) is 5.52. The molecule has 0 spiro atoms. The molecule has 1 aliphatic rings. The molecule has 0 saturated carbocycles. The van der Waals surface area contributed by atoms with Gasteiger partial charge in [0.1, 0.15) is 5.82 Å². The number of fused-ring (bicyclic) bond motifs is 1. The molecule has 1 aliphatic heterocycles. The van der Waals surface area contributed by atoms with Gasteiger partial charge in [-0.1, -0.05) is 23.7 Å². The second-order valence-electron chi connectivity index (χ2n) is 5.11. The fourth-order valence-corrected chi connectivity index (χ4v) is 2.45. The average Bonchev–Trinajstić information content (AvgIpc) is 3.07. The molecule has 0 fully saturated rings. The maximum absolute atomic E-state index is 13.1. The number of hydrogen-bond donors (Lipinski definition) is 0. The molecule has 0 radical (unpaired) electrons. The first-order chi connectivity index (χ1) is 12.0. The molecule has 0 bridgehead atoms. The molecule has 7 heteroatoms. The van der Waals surface area contributed by atoms with Gasteiger partial charge in [-0.3, -0.25) is 4.79 Å². The van der Waals surface area contributed by atoms with Gasteiger partial charge in [-0.15, -0.1) is 0 Å². The monoisotopic (exact) mass is 362 g/mol. The van der Waals surface area contributed by atoms with Crippen molar-refractivity contribution in [2.24, 2.45) is 0 Å². The van der Waals surface area contributed by atoms with Gasteiger partial charge in [-0.25, -0.2) is 9.18 Å². The molecule has 0 amide bonds. The van der Waals surface area contributed by atoms with Crippen LogP contribution in [-0.4, -0.2) is 25.2 Å². The van der Waals surface area contributed by atoms with Crippen LogP contribution in [0.1, 0.15) is 15.9 Å². The largest absolute Gasteiger partial charge is 0.454 e. The number of halogens is 2. The Labute approximate surface area is 147 Å². The zero-order chi connectivity index (χ0) is 17.8. The Hall–Kier alpha value is -2.86. The van der Waals surface area contributed by atoms with E-state index in [4.69, 9.17) is 25.8 Å². The number of rotatable bonds is 5. The Morgan fingerprint density at radius 3 is 2.88 bits per heavy atom. The molecule has 5 nitrogen and oxygen atoms in total. The number of Topliss-reactive ketones (excluding diaryl/α,β-unsaturated/α-hetero) is 1. The van der Waals surface area contributed by atoms with Crippen molar-refractivity contribution in [3.63, 3.8) is 0 Å². The minimum atomic E-state index is -0.710. The lowest BCUT2D eigenvalue weighted by molar-refractivity contribution is -0.136. The third-order valence-electron chi connectivity index (χ3n) is 3.35. The summed E-state index contributed by atoms with van der Waals surface area (Å²) >= 11 is 6.04. The summed E-state index contributed by atoms with van der Waals surface area (Å²) in [7, 11) is 0. The number of ether oxygens (including phenoxy) is 3. The van der Waals surface area contributed by atoms with E-state index in [0.29, 0.717) is 22.1 Å². The van der Waals surface area contributed by atoms with Crippen LogP contribution in [0.5, 0.6) is 11.5 Å². The molecule has 3 rings (SSSR count). The molecule has 0 saturated heterocycles. The Kier molecular flexibility index (Phi) is 5.00. The highest BCUT2D eigenvalue weighted by Crippen LogP contribution is 2.40. The van der Waals surface area contributed by atoms with Crippen LogP contribution in [0, 0.1) is 5.82 Å². The molecule has 0 unspecified atom stereocenters. The summed E-state index contributed by atoms with van der Waals surface area (Å²) in [6.45, 7) is -0.388. The molecular weight excluding hydrogens is 351 g/mol. The quantitative estimate of drug-likeness (QED) is 0.461. The Balaban J connectivity index is 1.58. The fourth-order valence-electron chi connectivity index (χ4n) is 2.18. The van der Waals surface area contributed by atoms with Gasteiger partial charge < -0.3 is 14.2 Å². The van der Waals surface area contributed by atoms with Crippen molar-refractivity contribution in [2.45, 2.75) is 0 Å². The number of esters is 1. The number of hydrogen-bond acceptors (Lipinski definition) is 5. The zero-order valence-electron chi connectivity index (χ0n) is 12.8. The van der Waals surface area contributed by atoms with Crippen LogP contribution in [0.15, 0.2) is 42.5 Å². The first-order valence-corrected chi connectivity index (χ1v) is 7.63. The minimum absolute atomic E-state index is 0.0897. The summed E-state index contributed by atoms with van der Waals surface area (Å²) in [5.41, 5.74) is 0.752. The van der Waals surface area contributed by atoms with Crippen molar-refractivity contribution in [1.29, 1.82) is 0 Å². The maximum atomic E-state index is 13.1. The standard InChI is InChI=1S/C18H12ClFO5/c19-14-6-11(7-16-18(14)25-10-24-16)4-5-17(22)23-9-15(21)12-2-1-3-13(20)8-12/h1-8H,9-10H2/b5-4+. The molecule has 0 aromatic heterocycles. The lowest BCUT2D eigenvalue weighted by Crippen LogP contribution is -2.12. The summed E-state index contributed by atoms with van der Waals surface area (Å²) < 4.78 is 28.3. The van der Waals surface area contributed by atoms with E-state index in [9.17, 15) is 14.0 Å². The predicted molar refractivity (Wildman–Crippen MR) is 88.3 cm³/mol. The van der Waals surface area contributed by atoms with Gasteiger partial charge in [-0.2, -0.15) is 0 Å². The van der Waals surface area contributed by atoms with E-state index < -0.39 is 24.2 Å². The smallest absolute Gasteiger partial charge is 0.331 e. The van der Waals surface area contributed by atoms with Gasteiger partial charge in [0.25, 0.3) is 0 Å². The first kappa shape index (κ1) is 17.0. The van der Waals surface area contributed by atoms with Crippen molar-refractivity contribution in [1.82, 2.24) is 0 Å². The Morgan fingerprint density at radius 1 is 1.24 bits per heavy atom. The van der Waals surface area contributed by atoms with Gasteiger partial charge in [0.05, 0.1) is 5.02 Å². The highest BCUT2D eigenvalue weighted by atomic mass is 35.5. The molecule has 1 heterocycles. The van der Waals surface area contributed by atoms with E-state index in [2.05, 4.69) is 0 Å². The lowest BCUT2D eigenvalue weighted by Gasteiger charge is -2.03. The Morgan fingerprint density at radius 2 is 2.08 bits per heavy atom. The summed E-state index contributed by atoms with van der Waals surface area (Å²) in [4.78, 5) is 23.5. The summed E-state index contributed by atoms with van der Waals surface area (Å²) in [5.74, 6) is -0.786. The summed E-state index contributed by atoms with van der Waals surface area (Å²) in [5, 5.41) is 0.365. The zero-order valence-corrected chi connectivity index (χ0v) is 13.6. The minimum Gasteiger partial charge on any atom is -0.454 e. The van der Waals surface area contributed by atoms with Crippen molar-refractivity contribution in [3.05, 3.63) is 64.4 Å². The summed E-state index contributed by atoms with van der Waals surface area (Å²) in [6, 6.07) is 8.44.